The highest BCUT2D eigenvalue weighted by molar-refractivity contribution is 5.97. The van der Waals surface area contributed by atoms with Crippen molar-refractivity contribution in [3.63, 3.8) is 0 Å². The minimum atomic E-state index is -0.589. The van der Waals surface area contributed by atoms with Crippen molar-refractivity contribution in [3.05, 3.63) is 144 Å². The number of aliphatic imine (C=N–C) groups is 2. The molecule has 302 valence electrons. The van der Waals surface area contributed by atoms with Gasteiger partial charge in [-0.05, 0) is 139 Å². The van der Waals surface area contributed by atoms with E-state index < -0.39 is 11.9 Å². The standard InChI is InChI=1S/C50H56N2O6/c1-3-5-7-9-11-13-34-55-45-30-22-43(23-31-45)51-37-39-18-26-47(27-19-39)57-49(53)41-16-15-17-42(36-41)50(54)58-48-28-20-40(21-29-48)38-52-44-24-32-46(33-25-44)56-35-14-12-10-8-6-4-2/h15-33,36-38H,3-14,34-35H2,1-2H3. The molecule has 0 aliphatic rings. The molecule has 0 fully saturated rings. The highest BCUT2D eigenvalue weighted by atomic mass is 16.5. The van der Waals surface area contributed by atoms with E-state index in [2.05, 4.69) is 23.8 Å². The molecule has 0 amide bonds. The lowest BCUT2D eigenvalue weighted by atomic mass is 10.1. The van der Waals surface area contributed by atoms with Gasteiger partial charge in [0.1, 0.15) is 23.0 Å². The van der Waals surface area contributed by atoms with Crippen LogP contribution in [0.15, 0.2) is 131 Å². The van der Waals surface area contributed by atoms with Gasteiger partial charge in [-0.25, -0.2) is 9.59 Å². The highest BCUT2D eigenvalue weighted by Gasteiger charge is 2.14. The van der Waals surface area contributed by atoms with E-state index in [1.54, 1.807) is 54.9 Å². The number of rotatable bonds is 24. The molecule has 58 heavy (non-hydrogen) atoms. The van der Waals surface area contributed by atoms with Gasteiger partial charge in [0.05, 0.1) is 35.7 Å². The van der Waals surface area contributed by atoms with E-state index in [4.69, 9.17) is 18.9 Å². The van der Waals surface area contributed by atoms with Crippen LogP contribution in [0, 0.1) is 0 Å². The fourth-order valence-corrected chi connectivity index (χ4v) is 6.05. The molecule has 0 N–H and O–H groups in total. The van der Waals surface area contributed by atoms with Crippen LogP contribution in [0.25, 0.3) is 0 Å². The number of esters is 2. The van der Waals surface area contributed by atoms with Crippen LogP contribution in [0.2, 0.25) is 0 Å². The third-order valence-electron chi connectivity index (χ3n) is 9.45. The van der Waals surface area contributed by atoms with Gasteiger partial charge in [0, 0.05) is 12.4 Å². The summed E-state index contributed by atoms with van der Waals surface area (Å²) in [6.07, 6.45) is 18.3. The summed E-state index contributed by atoms with van der Waals surface area (Å²) in [5.41, 5.74) is 3.77. The van der Waals surface area contributed by atoms with Crippen molar-refractivity contribution < 1.29 is 28.5 Å². The summed E-state index contributed by atoms with van der Waals surface area (Å²) < 4.78 is 22.9. The van der Waals surface area contributed by atoms with E-state index in [0.717, 1.165) is 60.1 Å². The topological polar surface area (TPSA) is 95.8 Å². The van der Waals surface area contributed by atoms with E-state index in [1.807, 2.05) is 72.8 Å². The summed E-state index contributed by atoms with van der Waals surface area (Å²) in [5.74, 6) is 1.25. The Morgan fingerprint density at radius 3 is 1.21 bits per heavy atom. The molecule has 8 nitrogen and oxygen atoms in total. The Balaban J connectivity index is 1.03. The molecule has 0 atom stereocenters. The van der Waals surface area contributed by atoms with Crippen LogP contribution < -0.4 is 18.9 Å². The van der Waals surface area contributed by atoms with Crippen LogP contribution in [0.5, 0.6) is 23.0 Å². The molecule has 0 radical (unpaired) electrons. The molecule has 0 saturated heterocycles. The van der Waals surface area contributed by atoms with E-state index >= 15 is 0 Å². The minimum Gasteiger partial charge on any atom is -0.494 e. The third kappa shape index (κ3) is 15.5. The molecular weight excluding hydrogens is 725 g/mol. The molecule has 0 spiro atoms. The highest BCUT2D eigenvalue weighted by Crippen LogP contribution is 2.22. The predicted octanol–water partition coefficient (Wildman–Crippen LogP) is 13.1. The Labute approximate surface area is 344 Å². The average Bonchev–Trinajstić information content (AvgIpc) is 3.26. The summed E-state index contributed by atoms with van der Waals surface area (Å²) in [6, 6.07) is 35.8. The molecule has 0 bridgehead atoms. The average molecular weight is 781 g/mol. The maximum atomic E-state index is 13.0. The lowest BCUT2D eigenvalue weighted by molar-refractivity contribution is 0.0734. The first-order valence-corrected chi connectivity index (χ1v) is 20.8. The molecule has 0 aromatic heterocycles. The summed E-state index contributed by atoms with van der Waals surface area (Å²) in [7, 11) is 0. The SMILES string of the molecule is CCCCCCCCOc1ccc(N=Cc2ccc(OC(=O)c3cccc(C(=O)Oc4ccc(C=Nc5ccc(OCCCCCCCC)cc5)cc4)c3)cc2)cc1. The van der Waals surface area contributed by atoms with Crippen molar-refractivity contribution in [2.45, 2.75) is 90.9 Å². The summed E-state index contributed by atoms with van der Waals surface area (Å²) in [4.78, 5) is 35.1. The van der Waals surface area contributed by atoms with Gasteiger partial charge in [0.15, 0.2) is 0 Å². The molecule has 0 heterocycles. The molecular formula is C50H56N2O6. The number of hydrogen-bond acceptors (Lipinski definition) is 8. The Morgan fingerprint density at radius 2 is 0.810 bits per heavy atom. The van der Waals surface area contributed by atoms with Crippen molar-refractivity contribution in [3.8, 4) is 23.0 Å². The molecule has 0 aliphatic heterocycles. The molecule has 0 unspecified atom stereocenters. The Hall–Kier alpha value is -6.02. The smallest absolute Gasteiger partial charge is 0.343 e. The zero-order chi connectivity index (χ0) is 40.6. The summed E-state index contributed by atoms with van der Waals surface area (Å²) >= 11 is 0. The summed E-state index contributed by atoms with van der Waals surface area (Å²) in [6.45, 7) is 5.91. The van der Waals surface area contributed by atoms with Gasteiger partial charge in [-0.1, -0.05) is 84.1 Å². The zero-order valence-electron chi connectivity index (χ0n) is 33.9. The lowest BCUT2D eigenvalue weighted by Crippen LogP contribution is -2.12. The number of nitrogens with zero attached hydrogens (tertiary/aromatic N) is 2. The fraction of sp³-hybridized carbons (Fsp3) is 0.320. The van der Waals surface area contributed by atoms with Gasteiger partial charge in [0.2, 0.25) is 0 Å². The van der Waals surface area contributed by atoms with Gasteiger partial charge in [-0.2, -0.15) is 0 Å². The molecule has 0 saturated carbocycles. The number of ether oxygens (including phenoxy) is 4. The van der Waals surface area contributed by atoms with E-state index in [-0.39, 0.29) is 11.1 Å². The lowest BCUT2D eigenvalue weighted by Gasteiger charge is -2.08. The van der Waals surface area contributed by atoms with Crippen LogP contribution in [-0.2, 0) is 0 Å². The van der Waals surface area contributed by atoms with Gasteiger partial charge < -0.3 is 18.9 Å². The normalized spacial score (nSPS) is 11.2. The Bertz CT molecular complexity index is 1880. The van der Waals surface area contributed by atoms with Crippen LogP contribution >= 0.6 is 0 Å². The Morgan fingerprint density at radius 1 is 0.448 bits per heavy atom. The van der Waals surface area contributed by atoms with Crippen molar-refractivity contribution >= 4 is 35.7 Å². The monoisotopic (exact) mass is 780 g/mol. The van der Waals surface area contributed by atoms with E-state index in [0.29, 0.717) is 11.5 Å². The molecule has 5 rings (SSSR count). The maximum absolute atomic E-state index is 13.0. The second-order valence-electron chi connectivity index (χ2n) is 14.2. The van der Waals surface area contributed by atoms with Gasteiger partial charge >= 0.3 is 11.9 Å². The fourth-order valence-electron chi connectivity index (χ4n) is 6.05. The minimum absolute atomic E-state index is 0.225. The van der Waals surface area contributed by atoms with Crippen LogP contribution in [0.1, 0.15) is 123 Å². The first kappa shape index (κ1) is 43.1. The van der Waals surface area contributed by atoms with E-state index in [1.165, 1.54) is 70.3 Å². The first-order valence-electron chi connectivity index (χ1n) is 20.8. The number of unbranched alkanes of at least 4 members (excludes halogenated alkanes) is 10. The second kappa shape index (κ2) is 24.6. The van der Waals surface area contributed by atoms with Crippen LogP contribution in [-0.4, -0.2) is 37.6 Å². The summed E-state index contributed by atoms with van der Waals surface area (Å²) in [5, 5.41) is 0. The molecule has 5 aromatic carbocycles. The maximum Gasteiger partial charge on any atom is 0.343 e. The molecule has 0 aliphatic carbocycles. The van der Waals surface area contributed by atoms with Gasteiger partial charge in [-0.15, -0.1) is 0 Å². The number of carbonyl (C=O) groups is 2. The van der Waals surface area contributed by atoms with Crippen molar-refractivity contribution in [1.29, 1.82) is 0 Å². The quantitative estimate of drug-likeness (QED) is 0.0268. The van der Waals surface area contributed by atoms with Crippen LogP contribution in [0.4, 0.5) is 11.4 Å². The zero-order valence-corrected chi connectivity index (χ0v) is 33.9. The molecule has 8 heteroatoms. The van der Waals surface area contributed by atoms with Crippen LogP contribution in [0.3, 0.4) is 0 Å². The third-order valence-corrected chi connectivity index (χ3v) is 9.45. The first-order chi connectivity index (χ1) is 28.5. The van der Waals surface area contributed by atoms with Gasteiger partial charge in [0.25, 0.3) is 0 Å². The van der Waals surface area contributed by atoms with E-state index in [9.17, 15) is 9.59 Å². The predicted molar refractivity (Wildman–Crippen MR) is 234 cm³/mol. The second-order valence-corrected chi connectivity index (χ2v) is 14.2. The number of carbonyl (C=O) groups excluding carboxylic acids is 2. The van der Waals surface area contributed by atoms with Crippen molar-refractivity contribution in [2.75, 3.05) is 13.2 Å². The van der Waals surface area contributed by atoms with Gasteiger partial charge in [-0.3, -0.25) is 9.98 Å². The number of benzene rings is 5. The largest absolute Gasteiger partial charge is 0.494 e. The molecule has 5 aromatic rings. The van der Waals surface area contributed by atoms with Crippen molar-refractivity contribution in [2.24, 2.45) is 9.98 Å². The van der Waals surface area contributed by atoms with Crippen molar-refractivity contribution in [1.82, 2.24) is 0 Å². The Kier molecular flexibility index (Phi) is 18.3. The number of hydrogen-bond donors (Lipinski definition) is 0.